The molecule has 1 aromatic heterocycles. The quantitative estimate of drug-likeness (QED) is 0.847. The minimum absolute atomic E-state index is 0.0638. The summed E-state index contributed by atoms with van der Waals surface area (Å²) < 4.78 is 1.91. The van der Waals surface area contributed by atoms with Gasteiger partial charge in [0.15, 0.2) is 0 Å². The first-order valence-corrected chi connectivity index (χ1v) is 7.65. The van der Waals surface area contributed by atoms with Gasteiger partial charge in [0.25, 0.3) is 5.91 Å². The van der Waals surface area contributed by atoms with Gasteiger partial charge in [-0.05, 0) is 24.6 Å². The number of nitrogens with zero attached hydrogens (tertiary/aromatic N) is 3. The number of aromatic nitrogens is 2. The zero-order valence-electron chi connectivity index (χ0n) is 14.5. The van der Waals surface area contributed by atoms with Crippen LogP contribution in [0, 0.1) is 6.92 Å². The van der Waals surface area contributed by atoms with Gasteiger partial charge < -0.3 is 15.5 Å². The normalized spacial score (nSPS) is 10.7. The first-order valence-electron chi connectivity index (χ1n) is 7.65. The van der Waals surface area contributed by atoms with Crippen molar-refractivity contribution in [2.75, 3.05) is 26.0 Å². The molecular formula is C17H25N5O. The van der Waals surface area contributed by atoms with E-state index in [-0.39, 0.29) is 5.91 Å². The van der Waals surface area contributed by atoms with E-state index in [0.29, 0.717) is 5.56 Å². The van der Waals surface area contributed by atoms with Gasteiger partial charge >= 0.3 is 0 Å². The Morgan fingerprint density at radius 1 is 1.22 bits per heavy atom. The predicted octanol–water partition coefficient (Wildman–Crippen LogP) is 1.44. The van der Waals surface area contributed by atoms with Crippen LogP contribution in [0.1, 0.15) is 27.2 Å². The van der Waals surface area contributed by atoms with E-state index in [9.17, 15) is 4.79 Å². The molecule has 6 heteroatoms. The fourth-order valence-electron chi connectivity index (χ4n) is 2.71. The number of carbonyl (C=O) groups excluding carboxylic acids is 1. The van der Waals surface area contributed by atoms with Crippen molar-refractivity contribution in [1.82, 2.24) is 20.4 Å². The van der Waals surface area contributed by atoms with Crippen LogP contribution in [0.25, 0.3) is 0 Å². The third-order valence-corrected chi connectivity index (χ3v) is 3.81. The molecule has 0 atom stereocenters. The zero-order valence-corrected chi connectivity index (χ0v) is 14.5. The van der Waals surface area contributed by atoms with E-state index in [1.54, 1.807) is 7.05 Å². The van der Waals surface area contributed by atoms with Crippen LogP contribution < -0.4 is 15.5 Å². The van der Waals surface area contributed by atoms with E-state index < -0.39 is 0 Å². The smallest absolute Gasteiger partial charge is 0.251 e. The first-order chi connectivity index (χ1) is 10.9. The summed E-state index contributed by atoms with van der Waals surface area (Å²) >= 11 is 0. The maximum absolute atomic E-state index is 11.5. The summed E-state index contributed by atoms with van der Waals surface area (Å²) in [5.41, 5.74) is 4.07. The Labute approximate surface area is 137 Å². The maximum atomic E-state index is 11.5. The predicted molar refractivity (Wildman–Crippen MR) is 92.6 cm³/mol. The van der Waals surface area contributed by atoms with E-state index in [2.05, 4.69) is 20.6 Å². The van der Waals surface area contributed by atoms with Gasteiger partial charge in [-0.2, -0.15) is 5.10 Å². The number of rotatable bonds is 6. The highest BCUT2D eigenvalue weighted by Crippen LogP contribution is 2.21. The van der Waals surface area contributed by atoms with Gasteiger partial charge in [-0.3, -0.25) is 9.48 Å². The van der Waals surface area contributed by atoms with Crippen LogP contribution in [0.2, 0.25) is 0 Å². The summed E-state index contributed by atoms with van der Waals surface area (Å²) in [6.07, 6.45) is 0. The lowest BCUT2D eigenvalue weighted by Crippen LogP contribution is -2.19. The van der Waals surface area contributed by atoms with Crippen LogP contribution >= 0.6 is 0 Å². The van der Waals surface area contributed by atoms with E-state index in [0.717, 1.165) is 30.2 Å². The van der Waals surface area contributed by atoms with E-state index in [4.69, 9.17) is 0 Å². The lowest BCUT2D eigenvalue weighted by Gasteiger charge is -2.15. The SMILES string of the molecule is CNC(=O)c1ccc(CNCc2c(C)nn(C)c2N(C)C)cc1. The van der Waals surface area contributed by atoms with E-state index in [1.807, 2.05) is 57.0 Å². The lowest BCUT2D eigenvalue weighted by molar-refractivity contribution is 0.0963. The summed E-state index contributed by atoms with van der Waals surface area (Å²) in [5, 5.41) is 10.6. The highest BCUT2D eigenvalue weighted by atomic mass is 16.1. The molecule has 0 fully saturated rings. The Hall–Kier alpha value is -2.34. The summed E-state index contributed by atoms with van der Waals surface area (Å²) in [7, 11) is 7.65. The van der Waals surface area contributed by atoms with Crippen molar-refractivity contribution < 1.29 is 4.79 Å². The molecule has 1 heterocycles. The summed E-state index contributed by atoms with van der Waals surface area (Å²) in [5.74, 6) is 1.05. The van der Waals surface area contributed by atoms with Crippen molar-refractivity contribution in [2.45, 2.75) is 20.0 Å². The number of aryl methyl sites for hydroxylation is 2. The molecule has 2 N–H and O–H groups in total. The molecular weight excluding hydrogens is 290 g/mol. The fraction of sp³-hybridized carbons (Fsp3) is 0.412. The highest BCUT2D eigenvalue weighted by Gasteiger charge is 2.14. The number of amides is 1. The van der Waals surface area contributed by atoms with E-state index in [1.165, 1.54) is 5.56 Å². The number of nitrogens with one attached hydrogen (secondary N) is 2. The van der Waals surface area contributed by atoms with E-state index >= 15 is 0 Å². The second kappa shape index (κ2) is 7.28. The van der Waals surface area contributed by atoms with Crippen LogP contribution in [0.5, 0.6) is 0 Å². The molecule has 0 unspecified atom stereocenters. The Morgan fingerprint density at radius 3 is 2.43 bits per heavy atom. The second-order valence-electron chi connectivity index (χ2n) is 5.79. The van der Waals surface area contributed by atoms with Crippen LogP contribution in [0.3, 0.4) is 0 Å². The van der Waals surface area contributed by atoms with Crippen molar-refractivity contribution in [3.8, 4) is 0 Å². The average molecular weight is 315 g/mol. The molecule has 0 aliphatic carbocycles. The third kappa shape index (κ3) is 3.90. The Kier molecular flexibility index (Phi) is 5.39. The average Bonchev–Trinajstić information content (AvgIpc) is 2.81. The number of benzene rings is 1. The van der Waals surface area contributed by atoms with Crippen molar-refractivity contribution >= 4 is 11.7 Å². The van der Waals surface area contributed by atoms with Crippen molar-refractivity contribution in [1.29, 1.82) is 0 Å². The number of hydrogen-bond donors (Lipinski definition) is 2. The van der Waals surface area contributed by atoms with Crippen LogP contribution in [-0.2, 0) is 20.1 Å². The highest BCUT2D eigenvalue weighted by molar-refractivity contribution is 5.93. The molecule has 0 bridgehead atoms. The molecule has 124 valence electrons. The molecule has 1 aromatic carbocycles. The second-order valence-corrected chi connectivity index (χ2v) is 5.79. The van der Waals surface area contributed by atoms with Crippen molar-refractivity contribution in [2.24, 2.45) is 7.05 Å². The zero-order chi connectivity index (χ0) is 17.0. The minimum atomic E-state index is -0.0638. The molecule has 0 saturated heterocycles. The molecule has 2 aromatic rings. The number of carbonyl (C=O) groups is 1. The van der Waals surface area contributed by atoms with Crippen LogP contribution in [-0.4, -0.2) is 36.8 Å². The van der Waals surface area contributed by atoms with Gasteiger partial charge in [0.1, 0.15) is 5.82 Å². The van der Waals surface area contributed by atoms with Gasteiger partial charge in [0.2, 0.25) is 0 Å². The Balaban J connectivity index is 1.99. The van der Waals surface area contributed by atoms with Gasteiger partial charge in [0, 0.05) is 52.4 Å². The molecule has 23 heavy (non-hydrogen) atoms. The lowest BCUT2D eigenvalue weighted by atomic mass is 10.1. The molecule has 6 nitrogen and oxygen atoms in total. The van der Waals surface area contributed by atoms with Crippen LogP contribution in [0.15, 0.2) is 24.3 Å². The van der Waals surface area contributed by atoms with Gasteiger partial charge in [-0.25, -0.2) is 0 Å². The standard InChI is InChI=1S/C17H25N5O/c1-12-15(17(21(3)4)22(5)20-12)11-19-10-13-6-8-14(9-7-13)16(23)18-2/h6-9,19H,10-11H2,1-5H3,(H,18,23). The fourth-order valence-corrected chi connectivity index (χ4v) is 2.71. The third-order valence-electron chi connectivity index (χ3n) is 3.81. The molecule has 0 radical (unpaired) electrons. The molecule has 0 aliphatic heterocycles. The summed E-state index contributed by atoms with van der Waals surface area (Å²) in [6, 6.07) is 7.63. The number of anilines is 1. The number of hydrogen-bond acceptors (Lipinski definition) is 4. The minimum Gasteiger partial charge on any atom is -0.363 e. The van der Waals surface area contributed by atoms with Gasteiger partial charge in [0.05, 0.1) is 5.69 Å². The van der Waals surface area contributed by atoms with Gasteiger partial charge in [-0.1, -0.05) is 12.1 Å². The summed E-state index contributed by atoms with van der Waals surface area (Å²) in [6.45, 7) is 3.53. The van der Waals surface area contributed by atoms with Crippen LogP contribution in [0.4, 0.5) is 5.82 Å². The molecule has 2 rings (SSSR count). The topological polar surface area (TPSA) is 62.2 Å². The molecule has 0 aliphatic rings. The largest absolute Gasteiger partial charge is 0.363 e. The molecule has 0 saturated carbocycles. The van der Waals surface area contributed by atoms with Crippen molar-refractivity contribution in [3.63, 3.8) is 0 Å². The summed E-state index contributed by atoms with van der Waals surface area (Å²) in [4.78, 5) is 13.6. The molecule has 1 amide bonds. The molecule has 0 spiro atoms. The Bertz CT molecular complexity index is 673. The first kappa shape index (κ1) is 17.0. The Morgan fingerprint density at radius 2 is 1.87 bits per heavy atom. The van der Waals surface area contributed by atoms with Gasteiger partial charge in [-0.15, -0.1) is 0 Å². The monoisotopic (exact) mass is 315 g/mol. The van der Waals surface area contributed by atoms with Crippen molar-refractivity contribution in [3.05, 3.63) is 46.6 Å². The maximum Gasteiger partial charge on any atom is 0.251 e.